The van der Waals surface area contributed by atoms with Crippen LogP contribution in [0.15, 0.2) is 36.4 Å². The quantitative estimate of drug-likeness (QED) is 0.408. The van der Waals surface area contributed by atoms with Crippen molar-refractivity contribution >= 4 is 29.3 Å². The molecule has 0 aromatic carbocycles. The van der Waals surface area contributed by atoms with Gasteiger partial charge in [-0.25, -0.2) is 9.97 Å². The second-order valence-electron chi connectivity index (χ2n) is 5.90. The molecular formula is C17H15ClF3N7O2. The van der Waals surface area contributed by atoms with E-state index in [4.69, 9.17) is 16.7 Å². The molecule has 0 amide bonds. The van der Waals surface area contributed by atoms with E-state index in [1.807, 2.05) is 0 Å². The molecule has 0 saturated heterocycles. The molecule has 30 heavy (non-hydrogen) atoms. The lowest BCUT2D eigenvalue weighted by atomic mass is 10.3. The van der Waals surface area contributed by atoms with Gasteiger partial charge in [0.15, 0.2) is 5.82 Å². The monoisotopic (exact) mass is 441 g/mol. The number of halogens is 4. The first kappa shape index (κ1) is 21.6. The maximum atomic E-state index is 13.0. The van der Waals surface area contributed by atoms with E-state index >= 15 is 0 Å². The molecule has 0 saturated carbocycles. The zero-order chi connectivity index (χ0) is 21.7. The maximum absolute atomic E-state index is 13.0. The highest BCUT2D eigenvalue weighted by atomic mass is 35.5. The molecular weight excluding hydrogens is 427 g/mol. The number of aliphatic hydroxyl groups is 2. The predicted molar refractivity (Wildman–Crippen MR) is 102 cm³/mol. The largest absolute Gasteiger partial charge is 0.433 e. The molecule has 3 rings (SSSR count). The van der Waals surface area contributed by atoms with Gasteiger partial charge < -0.3 is 20.8 Å². The summed E-state index contributed by atoms with van der Waals surface area (Å²) in [4.78, 5) is 19.8. The summed E-state index contributed by atoms with van der Waals surface area (Å²) >= 11 is 5.85. The van der Waals surface area contributed by atoms with E-state index in [-0.39, 0.29) is 40.9 Å². The molecule has 0 bridgehead atoms. The van der Waals surface area contributed by atoms with E-state index in [0.29, 0.717) is 0 Å². The lowest BCUT2D eigenvalue weighted by molar-refractivity contribution is -0.141. The van der Waals surface area contributed by atoms with Gasteiger partial charge in [0.05, 0.1) is 12.7 Å². The van der Waals surface area contributed by atoms with Gasteiger partial charge in [0.1, 0.15) is 22.4 Å². The molecule has 0 aliphatic carbocycles. The first-order chi connectivity index (χ1) is 14.2. The SMILES string of the molecule is OC[C@H](O)CNc1nc(Nc2cccc(Cl)n2)nc(-c2cccc(C(F)(F)F)n2)n1. The lowest BCUT2D eigenvalue weighted by Gasteiger charge is -2.12. The molecule has 3 heterocycles. The topological polar surface area (TPSA) is 129 Å². The molecule has 0 unspecified atom stereocenters. The van der Waals surface area contributed by atoms with Crippen LogP contribution in [0.3, 0.4) is 0 Å². The second kappa shape index (κ2) is 9.15. The Morgan fingerprint density at radius 2 is 1.70 bits per heavy atom. The average molecular weight is 442 g/mol. The normalized spacial score (nSPS) is 12.5. The van der Waals surface area contributed by atoms with E-state index in [0.717, 1.165) is 6.07 Å². The van der Waals surface area contributed by atoms with E-state index in [2.05, 4.69) is 35.6 Å². The third-order valence-electron chi connectivity index (χ3n) is 3.57. The maximum Gasteiger partial charge on any atom is 0.433 e. The fourth-order valence-electron chi connectivity index (χ4n) is 2.21. The zero-order valence-corrected chi connectivity index (χ0v) is 15.9. The highest BCUT2D eigenvalue weighted by molar-refractivity contribution is 6.29. The van der Waals surface area contributed by atoms with E-state index < -0.39 is 24.6 Å². The fraction of sp³-hybridized carbons (Fsp3) is 0.235. The summed E-state index contributed by atoms with van der Waals surface area (Å²) < 4.78 is 39.0. The van der Waals surface area contributed by atoms with Gasteiger partial charge >= 0.3 is 6.18 Å². The smallest absolute Gasteiger partial charge is 0.394 e. The fourth-order valence-corrected chi connectivity index (χ4v) is 2.37. The zero-order valence-electron chi connectivity index (χ0n) is 15.1. The average Bonchev–Trinajstić information content (AvgIpc) is 2.71. The number of hydrogen-bond acceptors (Lipinski definition) is 9. The minimum absolute atomic E-state index is 0.0463. The number of pyridine rings is 2. The number of aromatic nitrogens is 5. The molecule has 13 heteroatoms. The molecule has 0 spiro atoms. The van der Waals surface area contributed by atoms with Crippen molar-refractivity contribution in [3.63, 3.8) is 0 Å². The summed E-state index contributed by atoms with van der Waals surface area (Å²) in [5.74, 6) is 0.0332. The molecule has 0 aliphatic rings. The minimum Gasteiger partial charge on any atom is -0.394 e. The number of nitrogens with one attached hydrogen (secondary N) is 2. The van der Waals surface area contributed by atoms with Crippen LogP contribution in [0.2, 0.25) is 5.15 Å². The van der Waals surface area contributed by atoms with Crippen molar-refractivity contribution in [3.05, 3.63) is 47.2 Å². The van der Waals surface area contributed by atoms with Gasteiger partial charge in [0, 0.05) is 6.54 Å². The van der Waals surface area contributed by atoms with Crippen LogP contribution >= 0.6 is 11.6 Å². The van der Waals surface area contributed by atoms with Crippen LogP contribution in [0, 0.1) is 0 Å². The Bertz CT molecular complexity index is 1020. The van der Waals surface area contributed by atoms with E-state index in [9.17, 15) is 18.3 Å². The summed E-state index contributed by atoms with van der Waals surface area (Å²) in [6.07, 6.45) is -5.73. The molecule has 3 aromatic heterocycles. The highest BCUT2D eigenvalue weighted by Crippen LogP contribution is 2.29. The van der Waals surface area contributed by atoms with Crippen LogP contribution in [-0.4, -0.2) is 54.4 Å². The van der Waals surface area contributed by atoms with Crippen LogP contribution in [0.1, 0.15) is 5.69 Å². The Kier molecular flexibility index (Phi) is 6.59. The molecule has 0 fully saturated rings. The highest BCUT2D eigenvalue weighted by Gasteiger charge is 2.32. The van der Waals surface area contributed by atoms with Gasteiger partial charge in [-0.15, -0.1) is 0 Å². The number of nitrogens with zero attached hydrogens (tertiary/aromatic N) is 5. The Labute approximate surface area is 173 Å². The van der Waals surface area contributed by atoms with Gasteiger partial charge in [0.2, 0.25) is 11.9 Å². The van der Waals surface area contributed by atoms with Crippen LogP contribution in [0.4, 0.5) is 30.9 Å². The van der Waals surface area contributed by atoms with Gasteiger partial charge in [-0.2, -0.15) is 28.1 Å². The number of hydrogen-bond donors (Lipinski definition) is 4. The Hall–Kier alpha value is -3.09. The van der Waals surface area contributed by atoms with Crippen molar-refractivity contribution in [2.24, 2.45) is 0 Å². The standard InChI is InChI=1S/C17H15ClF3N7O2/c18-12-5-2-6-13(24-12)25-16-27-14(26-15(28-16)22-7-9(30)8-29)10-3-1-4-11(23-10)17(19,20)21/h1-6,9,29-30H,7-8H2,(H2,22,24,25,26,27,28)/t9-/m1/s1. The molecule has 4 N–H and O–H groups in total. The van der Waals surface area contributed by atoms with E-state index in [1.54, 1.807) is 18.2 Å². The van der Waals surface area contributed by atoms with Gasteiger partial charge in [-0.3, -0.25) is 0 Å². The molecule has 9 nitrogen and oxygen atoms in total. The van der Waals surface area contributed by atoms with Crippen LogP contribution in [-0.2, 0) is 6.18 Å². The first-order valence-corrected chi connectivity index (χ1v) is 8.85. The van der Waals surface area contributed by atoms with Crippen molar-refractivity contribution in [3.8, 4) is 11.5 Å². The van der Waals surface area contributed by atoms with Gasteiger partial charge in [0.25, 0.3) is 0 Å². The molecule has 0 radical (unpaired) electrons. The van der Waals surface area contributed by atoms with Gasteiger partial charge in [-0.05, 0) is 24.3 Å². The first-order valence-electron chi connectivity index (χ1n) is 8.47. The van der Waals surface area contributed by atoms with Crippen LogP contribution in [0.5, 0.6) is 0 Å². The Morgan fingerprint density at radius 3 is 2.40 bits per heavy atom. The van der Waals surface area contributed by atoms with Crippen molar-refractivity contribution < 1.29 is 23.4 Å². The molecule has 0 aliphatic heterocycles. The number of aliphatic hydroxyl groups excluding tert-OH is 2. The lowest BCUT2D eigenvalue weighted by Crippen LogP contribution is -2.24. The van der Waals surface area contributed by atoms with Crippen LogP contribution < -0.4 is 10.6 Å². The number of anilines is 3. The minimum atomic E-state index is -4.64. The predicted octanol–water partition coefficient (Wildman–Crippen LogP) is 2.51. The number of rotatable bonds is 7. The molecule has 158 valence electrons. The third kappa shape index (κ3) is 5.72. The Balaban J connectivity index is 1.99. The van der Waals surface area contributed by atoms with Crippen molar-refractivity contribution in [2.45, 2.75) is 12.3 Å². The summed E-state index contributed by atoms with van der Waals surface area (Å²) in [5, 5.41) is 24.1. The summed E-state index contributed by atoms with van der Waals surface area (Å²) in [7, 11) is 0. The van der Waals surface area contributed by atoms with Crippen LogP contribution in [0.25, 0.3) is 11.5 Å². The number of alkyl halides is 3. The summed E-state index contributed by atoms with van der Waals surface area (Å²) in [6, 6.07) is 8.10. The summed E-state index contributed by atoms with van der Waals surface area (Å²) in [6.45, 7) is -0.609. The third-order valence-corrected chi connectivity index (χ3v) is 3.78. The van der Waals surface area contributed by atoms with Gasteiger partial charge in [-0.1, -0.05) is 23.7 Å². The van der Waals surface area contributed by atoms with E-state index in [1.165, 1.54) is 12.1 Å². The Morgan fingerprint density at radius 1 is 0.967 bits per heavy atom. The summed E-state index contributed by atoms with van der Waals surface area (Å²) in [5.41, 5.74) is -1.24. The molecule has 3 aromatic rings. The van der Waals surface area contributed by atoms with Crippen molar-refractivity contribution in [1.82, 2.24) is 24.9 Å². The molecule has 1 atom stereocenters. The second-order valence-corrected chi connectivity index (χ2v) is 6.29. The van der Waals surface area contributed by atoms with Crippen molar-refractivity contribution in [2.75, 3.05) is 23.8 Å². The van der Waals surface area contributed by atoms with Crippen molar-refractivity contribution in [1.29, 1.82) is 0 Å².